The summed E-state index contributed by atoms with van der Waals surface area (Å²) in [6, 6.07) is 4.09. The van der Waals surface area contributed by atoms with Crippen LogP contribution in [0.4, 0.5) is 5.69 Å². The van der Waals surface area contributed by atoms with Crippen molar-refractivity contribution in [3.8, 4) is 5.75 Å². The molecule has 0 fully saturated rings. The predicted molar refractivity (Wildman–Crippen MR) is 40.2 cm³/mol. The fourth-order valence-corrected chi connectivity index (χ4v) is 0.997. The summed E-state index contributed by atoms with van der Waals surface area (Å²) in [5.74, 6) is -0.586. The molecule has 0 amide bonds. The van der Waals surface area contributed by atoms with Crippen molar-refractivity contribution < 1.29 is 10.0 Å². The molecular weight excluding hydrogens is 214 g/mol. The van der Waals surface area contributed by atoms with Crippen molar-refractivity contribution in [2.75, 3.05) is 0 Å². The fraction of sp³-hybridized carbons (Fsp3) is 0. The highest BCUT2D eigenvalue weighted by Crippen LogP contribution is 2.29. The van der Waals surface area contributed by atoms with Crippen molar-refractivity contribution in [2.24, 2.45) is 0 Å². The summed E-state index contributed by atoms with van der Waals surface area (Å²) in [4.78, 5) is 9.46. The molecule has 1 aromatic carbocycles. The molecule has 4 nitrogen and oxygen atoms in total. The summed E-state index contributed by atoms with van der Waals surface area (Å²) in [5, 5.41) is 21.1. The smallest absolute Gasteiger partial charge is 0.262 e. The summed E-state index contributed by atoms with van der Waals surface area (Å²) in [7, 11) is 0. The van der Waals surface area contributed by atoms with E-state index in [0.29, 0.717) is 0 Å². The van der Waals surface area contributed by atoms with Crippen LogP contribution in [-0.2, 0) is 0 Å². The molecule has 0 heterocycles. The lowest BCUT2D eigenvalue weighted by Gasteiger charge is -2.07. The number of hydrogen-bond donors (Lipinski definition) is 0. The molecule has 0 bridgehead atoms. The molecule has 58 valence electrons. The molecule has 0 aliphatic carbocycles. The minimum absolute atomic E-state index is 0.215. The van der Waals surface area contributed by atoms with Crippen molar-refractivity contribution in [3.05, 3.63) is 32.8 Å². The molecule has 0 spiro atoms. The largest absolute Gasteiger partial charge is 0.867 e. The first-order valence-corrected chi connectivity index (χ1v) is 3.52. The minimum atomic E-state index is -0.701. The SMILES string of the molecule is O=[N+]([O-])c1cccc(Br)c1[O-]. The molecule has 0 N–H and O–H groups in total. The number of hydrogen-bond acceptors (Lipinski definition) is 3. The normalized spacial score (nSPS) is 9.55. The van der Waals surface area contributed by atoms with Gasteiger partial charge in [-0.05, 0) is 11.8 Å². The van der Waals surface area contributed by atoms with E-state index in [1.807, 2.05) is 0 Å². The Bertz CT molecular complexity index is 300. The summed E-state index contributed by atoms with van der Waals surface area (Å²) < 4.78 is 0.215. The number of para-hydroxylation sites is 1. The maximum absolute atomic E-state index is 10.9. The van der Waals surface area contributed by atoms with E-state index in [0.717, 1.165) is 0 Å². The molecular formula is C6H3BrNO3-. The van der Waals surface area contributed by atoms with Gasteiger partial charge in [-0.2, -0.15) is 0 Å². The molecule has 5 heteroatoms. The zero-order valence-corrected chi connectivity index (χ0v) is 6.87. The van der Waals surface area contributed by atoms with Crippen LogP contribution in [0.25, 0.3) is 0 Å². The molecule has 11 heavy (non-hydrogen) atoms. The zero-order chi connectivity index (χ0) is 8.43. The number of halogens is 1. The standard InChI is InChI=1S/C6H4BrNO3/c7-4-2-1-3-5(6(4)9)8(10)11/h1-3,9H/p-1. The van der Waals surface area contributed by atoms with Gasteiger partial charge in [-0.15, -0.1) is 0 Å². The van der Waals surface area contributed by atoms with E-state index >= 15 is 0 Å². The molecule has 1 aromatic rings. The molecule has 0 saturated carbocycles. The van der Waals surface area contributed by atoms with Crippen LogP contribution in [0.1, 0.15) is 0 Å². The van der Waals surface area contributed by atoms with E-state index in [2.05, 4.69) is 15.9 Å². The molecule has 1 rings (SSSR count). The molecule has 0 unspecified atom stereocenters. The van der Waals surface area contributed by atoms with E-state index in [4.69, 9.17) is 0 Å². The van der Waals surface area contributed by atoms with E-state index < -0.39 is 16.4 Å². The Kier molecular flexibility index (Phi) is 2.09. The second-order valence-corrected chi connectivity index (χ2v) is 2.70. The van der Waals surface area contributed by atoms with Crippen LogP contribution in [0.2, 0.25) is 0 Å². The number of nitro groups is 1. The molecule has 0 aromatic heterocycles. The predicted octanol–water partition coefficient (Wildman–Crippen LogP) is 1.43. The van der Waals surface area contributed by atoms with E-state index in [-0.39, 0.29) is 4.47 Å². The van der Waals surface area contributed by atoms with Crippen LogP contribution in [0.3, 0.4) is 0 Å². The van der Waals surface area contributed by atoms with Gasteiger partial charge < -0.3 is 5.11 Å². The van der Waals surface area contributed by atoms with Crippen molar-refractivity contribution in [3.63, 3.8) is 0 Å². The van der Waals surface area contributed by atoms with Gasteiger partial charge in [0.2, 0.25) is 0 Å². The van der Waals surface area contributed by atoms with Gasteiger partial charge in [-0.3, -0.25) is 10.1 Å². The fourth-order valence-electron chi connectivity index (χ4n) is 0.641. The van der Waals surface area contributed by atoms with Crippen LogP contribution >= 0.6 is 15.9 Å². The van der Waals surface area contributed by atoms with Crippen molar-refractivity contribution in [2.45, 2.75) is 0 Å². The summed E-state index contributed by atoms with van der Waals surface area (Å²) in [6.45, 7) is 0. The number of nitrogens with zero attached hydrogens (tertiary/aromatic N) is 1. The van der Waals surface area contributed by atoms with Crippen LogP contribution in [-0.4, -0.2) is 4.92 Å². The number of rotatable bonds is 1. The third kappa shape index (κ3) is 1.48. The zero-order valence-electron chi connectivity index (χ0n) is 5.28. The lowest BCUT2D eigenvalue weighted by molar-refractivity contribution is -0.398. The lowest BCUT2D eigenvalue weighted by atomic mass is 10.3. The highest BCUT2D eigenvalue weighted by Gasteiger charge is 2.06. The molecule has 0 aliphatic rings. The van der Waals surface area contributed by atoms with Gasteiger partial charge in [0.05, 0.1) is 4.92 Å². The van der Waals surface area contributed by atoms with Gasteiger partial charge in [0.15, 0.2) is 0 Å². The quantitative estimate of drug-likeness (QED) is 0.527. The van der Waals surface area contributed by atoms with Crippen LogP contribution < -0.4 is 5.11 Å². The molecule has 0 atom stereocenters. The van der Waals surface area contributed by atoms with Gasteiger partial charge >= 0.3 is 0 Å². The van der Waals surface area contributed by atoms with Crippen molar-refractivity contribution in [1.29, 1.82) is 0 Å². The maximum atomic E-state index is 10.9. The average molecular weight is 217 g/mol. The van der Waals surface area contributed by atoms with Gasteiger partial charge in [-0.1, -0.05) is 22.0 Å². The van der Waals surface area contributed by atoms with E-state index in [1.165, 1.54) is 18.2 Å². The topological polar surface area (TPSA) is 66.2 Å². The van der Waals surface area contributed by atoms with Crippen LogP contribution in [0.5, 0.6) is 5.75 Å². The van der Waals surface area contributed by atoms with E-state index in [9.17, 15) is 15.2 Å². The number of nitro benzene ring substituents is 1. The second-order valence-electron chi connectivity index (χ2n) is 1.85. The Morgan fingerprint density at radius 1 is 1.45 bits per heavy atom. The second kappa shape index (κ2) is 2.87. The average Bonchev–Trinajstić information content (AvgIpc) is 1.94. The lowest BCUT2D eigenvalue weighted by Crippen LogP contribution is -1.97. The Morgan fingerprint density at radius 2 is 2.09 bits per heavy atom. The Balaban J connectivity index is 3.27. The first-order valence-electron chi connectivity index (χ1n) is 2.73. The van der Waals surface area contributed by atoms with Gasteiger partial charge in [0, 0.05) is 10.5 Å². The van der Waals surface area contributed by atoms with Crippen LogP contribution in [0.15, 0.2) is 22.7 Å². The van der Waals surface area contributed by atoms with Gasteiger partial charge in [-0.25, -0.2) is 0 Å². The molecule has 0 radical (unpaired) electrons. The third-order valence-electron chi connectivity index (χ3n) is 1.14. The first kappa shape index (κ1) is 8.00. The minimum Gasteiger partial charge on any atom is -0.867 e. The van der Waals surface area contributed by atoms with Crippen molar-refractivity contribution >= 4 is 21.6 Å². The van der Waals surface area contributed by atoms with Gasteiger partial charge in [0.1, 0.15) is 0 Å². The Labute approximate surface area is 70.7 Å². The Morgan fingerprint density at radius 3 is 2.55 bits per heavy atom. The third-order valence-corrected chi connectivity index (χ3v) is 1.77. The molecule has 0 saturated heterocycles. The summed E-state index contributed by atoms with van der Waals surface area (Å²) in [6.07, 6.45) is 0. The first-order chi connectivity index (χ1) is 5.13. The van der Waals surface area contributed by atoms with Crippen molar-refractivity contribution in [1.82, 2.24) is 0 Å². The summed E-state index contributed by atoms with van der Waals surface area (Å²) in [5.41, 5.74) is -0.403. The van der Waals surface area contributed by atoms with Crippen LogP contribution in [0, 0.1) is 10.1 Å². The summed E-state index contributed by atoms with van der Waals surface area (Å²) >= 11 is 2.90. The molecule has 0 aliphatic heterocycles. The monoisotopic (exact) mass is 216 g/mol. The maximum Gasteiger partial charge on any atom is 0.262 e. The van der Waals surface area contributed by atoms with E-state index in [1.54, 1.807) is 0 Å². The highest BCUT2D eigenvalue weighted by molar-refractivity contribution is 9.10. The Hall–Kier alpha value is -1.10. The number of benzene rings is 1. The highest BCUT2D eigenvalue weighted by atomic mass is 79.9. The van der Waals surface area contributed by atoms with Gasteiger partial charge in [0.25, 0.3) is 5.69 Å².